The molecule has 0 unspecified atom stereocenters. The van der Waals surface area contributed by atoms with Gasteiger partial charge in [-0.25, -0.2) is 13.8 Å². The molecular formula is C16H19ClF2N2O2. The van der Waals surface area contributed by atoms with Gasteiger partial charge >= 0.3 is 0 Å². The third-order valence-electron chi connectivity index (χ3n) is 2.83. The second-order valence-electron chi connectivity index (χ2n) is 4.13. The number of nitrogens with zero attached hydrogens (tertiary/aromatic N) is 1. The molecular weight excluding hydrogens is 326 g/mol. The highest BCUT2D eigenvalue weighted by atomic mass is 35.5. The lowest BCUT2D eigenvalue weighted by Gasteiger charge is -2.14. The molecule has 1 N–H and O–H groups in total. The molecule has 0 saturated heterocycles. The fourth-order valence-corrected chi connectivity index (χ4v) is 1.85. The first kappa shape index (κ1) is 19.0. The first-order valence-electron chi connectivity index (χ1n) is 7.01. The number of aromatic nitrogens is 1. The maximum Gasteiger partial charge on any atom is 0.191 e. The minimum absolute atomic E-state index is 0.106. The third-order valence-corrected chi connectivity index (χ3v) is 3.06. The lowest BCUT2D eigenvalue weighted by atomic mass is 10.2. The van der Waals surface area contributed by atoms with E-state index in [9.17, 15) is 8.78 Å². The fraction of sp³-hybridized carbons (Fsp3) is 0.312. The molecule has 0 atom stereocenters. The summed E-state index contributed by atoms with van der Waals surface area (Å²) in [6.07, 6.45) is 1.52. The van der Waals surface area contributed by atoms with E-state index in [0.29, 0.717) is 5.15 Å². The minimum atomic E-state index is -0.822. The van der Waals surface area contributed by atoms with Crippen LogP contribution in [0.25, 0.3) is 0 Å². The number of hydrogen-bond acceptors (Lipinski definition) is 4. The molecule has 7 heteroatoms. The monoisotopic (exact) mass is 344 g/mol. The number of ether oxygens (including phenoxy) is 2. The second kappa shape index (κ2) is 9.15. The van der Waals surface area contributed by atoms with Gasteiger partial charge in [0, 0.05) is 18.8 Å². The molecule has 1 heterocycles. The number of hydrogen-bond donors (Lipinski definition) is 1. The predicted molar refractivity (Wildman–Crippen MR) is 87.4 cm³/mol. The zero-order valence-electron chi connectivity index (χ0n) is 13.4. The molecule has 0 amide bonds. The van der Waals surface area contributed by atoms with E-state index in [4.69, 9.17) is 21.1 Å². The number of benzene rings is 1. The molecule has 126 valence electrons. The average molecular weight is 345 g/mol. The molecule has 0 spiro atoms. The molecule has 4 nitrogen and oxygen atoms in total. The van der Waals surface area contributed by atoms with Crippen LogP contribution in [0.15, 0.2) is 24.4 Å². The number of nitrogens with one attached hydrogen (secondary N) is 1. The Balaban J connectivity index is 0.00000127. The molecule has 2 rings (SSSR count). The van der Waals surface area contributed by atoms with Gasteiger partial charge < -0.3 is 14.8 Å². The van der Waals surface area contributed by atoms with Crippen molar-refractivity contribution in [3.63, 3.8) is 0 Å². The number of pyridine rings is 1. The summed E-state index contributed by atoms with van der Waals surface area (Å²) < 4.78 is 37.9. The van der Waals surface area contributed by atoms with Crippen molar-refractivity contribution in [1.29, 1.82) is 0 Å². The van der Waals surface area contributed by atoms with E-state index in [0.717, 1.165) is 11.6 Å². The predicted octanol–water partition coefficient (Wildman–Crippen LogP) is 4.67. The van der Waals surface area contributed by atoms with Crippen LogP contribution in [0.4, 0.5) is 14.5 Å². The second-order valence-corrected chi connectivity index (χ2v) is 4.51. The van der Waals surface area contributed by atoms with Crippen LogP contribution in [0.1, 0.15) is 19.4 Å². The Morgan fingerprint density at radius 3 is 2.09 bits per heavy atom. The number of anilines is 1. The molecule has 2 aromatic rings. The van der Waals surface area contributed by atoms with Crippen LogP contribution in [-0.2, 0) is 6.54 Å². The smallest absolute Gasteiger partial charge is 0.191 e. The van der Waals surface area contributed by atoms with E-state index in [1.807, 2.05) is 13.8 Å². The Morgan fingerprint density at radius 1 is 1.09 bits per heavy atom. The van der Waals surface area contributed by atoms with E-state index < -0.39 is 11.6 Å². The van der Waals surface area contributed by atoms with Gasteiger partial charge in [-0.05, 0) is 11.6 Å². The van der Waals surface area contributed by atoms with Gasteiger partial charge in [-0.15, -0.1) is 0 Å². The maximum atomic E-state index is 14.1. The summed E-state index contributed by atoms with van der Waals surface area (Å²) in [5.74, 6) is -1.86. The Hall–Kier alpha value is -2.08. The van der Waals surface area contributed by atoms with Crippen LogP contribution < -0.4 is 14.8 Å². The molecule has 1 aromatic heterocycles. The number of halogens is 3. The van der Waals surface area contributed by atoms with Crippen LogP contribution in [0.3, 0.4) is 0 Å². The largest absolute Gasteiger partial charge is 0.493 e. The van der Waals surface area contributed by atoms with E-state index in [1.54, 1.807) is 12.1 Å². The quantitative estimate of drug-likeness (QED) is 0.800. The van der Waals surface area contributed by atoms with Gasteiger partial charge in [0.05, 0.1) is 14.2 Å². The van der Waals surface area contributed by atoms with E-state index in [1.165, 1.54) is 20.4 Å². The van der Waals surface area contributed by atoms with Crippen LogP contribution in [-0.4, -0.2) is 19.2 Å². The van der Waals surface area contributed by atoms with Crippen molar-refractivity contribution in [2.45, 2.75) is 20.4 Å². The molecule has 23 heavy (non-hydrogen) atoms. The summed E-state index contributed by atoms with van der Waals surface area (Å²) >= 11 is 5.67. The minimum Gasteiger partial charge on any atom is -0.493 e. The molecule has 1 aromatic carbocycles. The summed E-state index contributed by atoms with van der Waals surface area (Å²) in [7, 11) is 2.59. The van der Waals surface area contributed by atoms with Gasteiger partial charge in [-0.2, -0.15) is 0 Å². The Bertz CT molecular complexity index is 609. The summed E-state index contributed by atoms with van der Waals surface area (Å²) in [6.45, 7) is 4.17. The standard InChI is InChI=1S/C14H13ClF2N2O2.C2H6/c1-20-9-5-10(21-2)13(17)14(12(9)16)19-7-8-3-4-11(15)18-6-8;1-2/h3-6,19H,7H2,1-2H3;1-2H3. The Morgan fingerprint density at radius 2 is 1.65 bits per heavy atom. The van der Waals surface area contributed by atoms with Gasteiger partial charge in [0.25, 0.3) is 0 Å². The first-order valence-corrected chi connectivity index (χ1v) is 7.39. The van der Waals surface area contributed by atoms with Gasteiger partial charge in [-0.3, -0.25) is 0 Å². The summed E-state index contributed by atoms with van der Waals surface area (Å²) in [4.78, 5) is 3.89. The fourth-order valence-electron chi connectivity index (χ4n) is 1.74. The van der Waals surface area contributed by atoms with Gasteiger partial charge in [0.15, 0.2) is 23.1 Å². The molecule has 0 bridgehead atoms. The van der Waals surface area contributed by atoms with Crippen LogP contribution in [0.5, 0.6) is 11.5 Å². The highest BCUT2D eigenvalue weighted by Gasteiger charge is 2.19. The SMILES string of the molecule is CC.COc1cc(OC)c(F)c(NCc2ccc(Cl)nc2)c1F. The van der Waals surface area contributed by atoms with Gasteiger partial charge in [0.2, 0.25) is 0 Å². The zero-order valence-corrected chi connectivity index (χ0v) is 14.2. The lowest BCUT2D eigenvalue weighted by molar-refractivity contribution is 0.360. The van der Waals surface area contributed by atoms with Crippen LogP contribution in [0, 0.1) is 11.6 Å². The van der Waals surface area contributed by atoms with Crippen molar-refractivity contribution >= 4 is 17.3 Å². The zero-order chi connectivity index (χ0) is 17.4. The summed E-state index contributed by atoms with van der Waals surface area (Å²) in [5, 5.41) is 3.02. The number of methoxy groups -OCH3 is 2. The highest BCUT2D eigenvalue weighted by molar-refractivity contribution is 6.29. The van der Waals surface area contributed by atoms with Crippen molar-refractivity contribution in [2.24, 2.45) is 0 Å². The van der Waals surface area contributed by atoms with Crippen molar-refractivity contribution in [2.75, 3.05) is 19.5 Å². The van der Waals surface area contributed by atoms with Gasteiger partial charge in [0.1, 0.15) is 10.8 Å². The van der Waals surface area contributed by atoms with Gasteiger partial charge in [-0.1, -0.05) is 31.5 Å². The molecule has 0 radical (unpaired) electrons. The summed E-state index contributed by atoms with van der Waals surface area (Å²) in [6, 6.07) is 4.45. The van der Waals surface area contributed by atoms with E-state index in [2.05, 4.69) is 10.3 Å². The van der Waals surface area contributed by atoms with Crippen molar-refractivity contribution in [3.8, 4) is 11.5 Å². The van der Waals surface area contributed by atoms with E-state index >= 15 is 0 Å². The lowest BCUT2D eigenvalue weighted by Crippen LogP contribution is -2.07. The van der Waals surface area contributed by atoms with Crippen molar-refractivity contribution in [1.82, 2.24) is 4.98 Å². The topological polar surface area (TPSA) is 43.4 Å². The number of rotatable bonds is 5. The average Bonchev–Trinajstić information content (AvgIpc) is 2.58. The van der Waals surface area contributed by atoms with Crippen LogP contribution in [0.2, 0.25) is 5.15 Å². The molecule has 0 aliphatic carbocycles. The highest BCUT2D eigenvalue weighted by Crippen LogP contribution is 2.34. The van der Waals surface area contributed by atoms with E-state index in [-0.39, 0.29) is 23.7 Å². The van der Waals surface area contributed by atoms with Crippen molar-refractivity contribution in [3.05, 3.63) is 46.7 Å². The first-order chi connectivity index (χ1) is 11.1. The Kier molecular flexibility index (Phi) is 7.54. The molecule has 0 aliphatic heterocycles. The summed E-state index contributed by atoms with van der Waals surface area (Å²) in [5.41, 5.74) is 0.404. The molecule has 0 fully saturated rings. The molecule has 0 aliphatic rings. The normalized spacial score (nSPS) is 9.70. The third kappa shape index (κ3) is 4.69. The van der Waals surface area contributed by atoms with Crippen LogP contribution >= 0.6 is 11.6 Å². The van der Waals surface area contributed by atoms with Crippen molar-refractivity contribution < 1.29 is 18.3 Å². The maximum absolute atomic E-state index is 14.1. The molecule has 0 saturated carbocycles. The Labute approximate surface area is 139 Å².